The van der Waals surface area contributed by atoms with Crippen molar-refractivity contribution in [3.8, 4) is 0 Å². The molecule has 0 bridgehead atoms. The van der Waals surface area contributed by atoms with E-state index in [0.29, 0.717) is 11.8 Å². The number of piperidine rings is 1. The van der Waals surface area contributed by atoms with Crippen molar-refractivity contribution in [1.29, 1.82) is 0 Å². The fraction of sp³-hybridized carbons (Fsp3) is 0.625. The average molecular weight is 341 g/mol. The average Bonchev–Trinajstić information content (AvgIpc) is 2.44. The van der Waals surface area contributed by atoms with E-state index in [1.165, 1.54) is 11.1 Å². The minimum atomic E-state index is -2.91. The lowest BCUT2D eigenvalue weighted by atomic mass is 9.94. The summed E-state index contributed by atoms with van der Waals surface area (Å²) in [6, 6.07) is -0.967. The van der Waals surface area contributed by atoms with Gasteiger partial charge in [-0.15, -0.1) is 0 Å². The molecule has 2 rings (SSSR count). The molecule has 1 fully saturated rings. The molecule has 1 aliphatic heterocycles. The van der Waals surface area contributed by atoms with Crippen molar-refractivity contribution in [2.24, 2.45) is 0 Å². The first-order chi connectivity index (χ1) is 11.0. The zero-order chi connectivity index (χ0) is 18.1. The van der Waals surface area contributed by atoms with Gasteiger partial charge < -0.3 is 4.74 Å². The summed E-state index contributed by atoms with van der Waals surface area (Å²) in [5.74, 6) is -3.02. The van der Waals surface area contributed by atoms with Crippen LogP contribution in [0.1, 0.15) is 61.5 Å². The Balaban J connectivity index is 2.40. The monoisotopic (exact) mass is 341 g/mol. The molecule has 0 radical (unpaired) electrons. The number of carbonyl (C=O) groups is 2. The van der Waals surface area contributed by atoms with Crippen molar-refractivity contribution in [3.05, 3.63) is 23.3 Å². The van der Waals surface area contributed by atoms with Crippen molar-refractivity contribution in [2.45, 2.75) is 58.1 Å². The minimum absolute atomic E-state index is 0.103. The van der Waals surface area contributed by atoms with Gasteiger partial charge in [0.25, 0.3) is 5.92 Å². The standard InChI is InChI=1S/C16H21F2N3O3/c1-10-8-19-12(9-22)20-13(10)11-7-16(17,18)5-6-21(11)14(23)24-15(2,3)4/h8-9,11H,5-7H2,1-4H3. The molecule has 132 valence electrons. The van der Waals surface area contributed by atoms with Crippen LogP contribution in [0, 0.1) is 6.92 Å². The number of amides is 1. The summed E-state index contributed by atoms with van der Waals surface area (Å²) in [7, 11) is 0. The van der Waals surface area contributed by atoms with Crippen LogP contribution in [0.2, 0.25) is 0 Å². The second kappa shape index (κ2) is 6.41. The number of halogens is 2. The highest BCUT2D eigenvalue weighted by Gasteiger charge is 2.45. The zero-order valence-electron chi connectivity index (χ0n) is 14.2. The van der Waals surface area contributed by atoms with E-state index >= 15 is 0 Å². The Morgan fingerprint density at radius 1 is 1.46 bits per heavy atom. The third-order valence-electron chi connectivity index (χ3n) is 3.67. The molecule has 1 atom stereocenters. The Labute approximate surface area is 139 Å². The quantitative estimate of drug-likeness (QED) is 0.772. The second-order valence-corrected chi connectivity index (χ2v) is 6.91. The third-order valence-corrected chi connectivity index (χ3v) is 3.67. The van der Waals surface area contributed by atoms with E-state index < -0.39 is 36.5 Å². The van der Waals surface area contributed by atoms with Gasteiger partial charge in [0.2, 0.25) is 0 Å². The predicted molar refractivity (Wildman–Crippen MR) is 82.0 cm³/mol. The molecule has 0 saturated carbocycles. The number of aryl methyl sites for hydroxylation is 1. The van der Waals surface area contributed by atoms with Gasteiger partial charge in [0.15, 0.2) is 12.1 Å². The van der Waals surface area contributed by atoms with Crippen molar-refractivity contribution in [1.82, 2.24) is 14.9 Å². The van der Waals surface area contributed by atoms with Crippen LogP contribution >= 0.6 is 0 Å². The molecule has 1 saturated heterocycles. The van der Waals surface area contributed by atoms with Crippen molar-refractivity contribution >= 4 is 12.4 Å². The summed E-state index contributed by atoms with van der Waals surface area (Å²) < 4.78 is 33.2. The Bertz CT molecular complexity index is 644. The molecule has 1 amide bonds. The number of aromatic nitrogens is 2. The van der Waals surface area contributed by atoms with Crippen LogP contribution < -0.4 is 0 Å². The number of alkyl halides is 2. The summed E-state index contributed by atoms with van der Waals surface area (Å²) in [6.07, 6.45) is 0.164. The highest BCUT2D eigenvalue weighted by atomic mass is 19.3. The van der Waals surface area contributed by atoms with Gasteiger partial charge >= 0.3 is 6.09 Å². The summed E-state index contributed by atoms with van der Waals surface area (Å²) in [5.41, 5.74) is 0.0465. The number of hydrogen-bond donors (Lipinski definition) is 0. The fourth-order valence-corrected chi connectivity index (χ4v) is 2.58. The Hall–Kier alpha value is -2.12. The van der Waals surface area contributed by atoms with Crippen LogP contribution in [-0.4, -0.2) is 45.3 Å². The second-order valence-electron chi connectivity index (χ2n) is 6.91. The van der Waals surface area contributed by atoms with E-state index in [-0.39, 0.29) is 18.1 Å². The van der Waals surface area contributed by atoms with Gasteiger partial charge in [-0.05, 0) is 33.3 Å². The predicted octanol–water partition coefficient (Wildman–Crippen LogP) is 3.30. The third kappa shape index (κ3) is 4.24. The number of ether oxygens (including phenoxy) is 1. The molecule has 1 unspecified atom stereocenters. The van der Waals surface area contributed by atoms with Gasteiger partial charge in [-0.1, -0.05) is 0 Å². The van der Waals surface area contributed by atoms with E-state index in [2.05, 4.69) is 9.97 Å². The topological polar surface area (TPSA) is 72.4 Å². The first kappa shape index (κ1) is 18.2. The van der Waals surface area contributed by atoms with Crippen molar-refractivity contribution < 1.29 is 23.1 Å². The number of carbonyl (C=O) groups excluding carboxylic acids is 2. The lowest BCUT2D eigenvalue weighted by Gasteiger charge is -2.39. The first-order valence-electron chi connectivity index (χ1n) is 7.68. The highest BCUT2D eigenvalue weighted by Crippen LogP contribution is 2.40. The minimum Gasteiger partial charge on any atom is -0.444 e. The number of rotatable bonds is 2. The first-order valence-corrected chi connectivity index (χ1v) is 7.68. The van der Waals surface area contributed by atoms with Crippen LogP contribution in [0.4, 0.5) is 13.6 Å². The summed E-state index contributed by atoms with van der Waals surface area (Å²) >= 11 is 0. The van der Waals surface area contributed by atoms with Gasteiger partial charge in [0, 0.05) is 25.6 Å². The fourth-order valence-electron chi connectivity index (χ4n) is 2.58. The molecular formula is C16H21F2N3O3. The van der Waals surface area contributed by atoms with Gasteiger partial charge in [0.1, 0.15) is 5.60 Å². The van der Waals surface area contributed by atoms with Crippen LogP contribution in [0.3, 0.4) is 0 Å². The number of hydrogen-bond acceptors (Lipinski definition) is 5. The Morgan fingerprint density at radius 2 is 2.12 bits per heavy atom. The van der Waals surface area contributed by atoms with Crippen LogP contribution in [0.25, 0.3) is 0 Å². The maximum absolute atomic E-state index is 13.9. The maximum atomic E-state index is 13.9. The van der Waals surface area contributed by atoms with Gasteiger partial charge in [-0.3, -0.25) is 9.69 Å². The van der Waals surface area contributed by atoms with E-state index in [9.17, 15) is 18.4 Å². The lowest BCUT2D eigenvalue weighted by molar-refractivity contribution is -0.0817. The molecule has 1 aromatic rings. The van der Waals surface area contributed by atoms with Crippen LogP contribution in [0.5, 0.6) is 0 Å². The van der Waals surface area contributed by atoms with Gasteiger partial charge in [-0.25, -0.2) is 23.5 Å². The van der Waals surface area contributed by atoms with Crippen LogP contribution in [-0.2, 0) is 4.74 Å². The molecule has 1 aromatic heterocycles. The Morgan fingerprint density at radius 3 is 2.71 bits per heavy atom. The summed E-state index contributed by atoms with van der Waals surface area (Å²) in [5, 5.41) is 0. The molecule has 0 N–H and O–H groups in total. The molecule has 24 heavy (non-hydrogen) atoms. The molecule has 0 aliphatic carbocycles. The van der Waals surface area contributed by atoms with E-state index in [1.807, 2.05) is 0 Å². The molecule has 6 nitrogen and oxygen atoms in total. The molecular weight excluding hydrogens is 320 g/mol. The number of nitrogens with zero attached hydrogens (tertiary/aromatic N) is 3. The Kier molecular flexibility index (Phi) is 4.87. The summed E-state index contributed by atoms with van der Waals surface area (Å²) in [4.78, 5) is 32.4. The van der Waals surface area contributed by atoms with E-state index in [1.54, 1.807) is 27.7 Å². The van der Waals surface area contributed by atoms with E-state index in [0.717, 1.165) is 0 Å². The number of aldehydes is 1. The largest absolute Gasteiger partial charge is 0.444 e. The van der Waals surface area contributed by atoms with Crippen LogP contribution in [0.15, 0.2) is 6.20 Å². The molecule has 0 aromatic carbocycles. The smallest absolute Gasteiger partial charge is 0.410 e. The molecule has 8 heteroatoms. The SMILES string of the molecule is Cc1cnc(C=O)nc1C1CC(F)(F)CCN1C(=O)OC(C)(C)C. The molecule has 0 spiro atoms. The molecule has 1 aliphatic rings. The number of likely N-dealkylation sites (tertiary alicyclic amines) is 1. The normalized spacial score (nSPS) is 20.6. The highest BCUT2D eigenvalue weighted by molar-refractivity contribution is 5.70. The lowest BCUT2D eigenvalue weighted by Crippen LogP contribution is -2.47. The van der Waals surface area contributed by atoms with Crippen molar-refractivity contribution in [3.63, 3.8) is 0 Å². The summed E-state index contributed by atoms with van der Waals surface area (Å²) in [6.45, 7) is 6.63. The zero-order valence-corrected chi connectivity index (χ0v) is 14.2. The molecule has 2 heterocycles. The van der Waals surface area contributed by atoms with Gasteiger partial charge in [0.05, 0.1) is 11.7 Å². The maximum Gasteiger partial charge on any atom is 0.410 e. The van der Waals surface area contributed by atoms with E-state index in [4.69, 9.17) is 4.74 Å². The van der Waals surface area contributed by atoms with Crippen molar-refractivity contribution in [2.75, 3.05) is 6.54 Å². The van der Waals surface area contributed by atoms with Gasteiger partial charge in [-0.2, -0.15) is 0 Å².